The van der Waals surface area contributed by atoms with Crippen molar-refractivity contribution in [3.05, 3.63) is 76.1 Å². The minimum absolute atomic E-state index is 0.155. The molecule has 146 valence electrons. The van der Waals surface area contributed by atoms with Gasteiger partial charge in [0, 0.05) is 10.4 Å². The molecule has 2 aromatic heterocycles. The van der Waals surface area contributed by atoms with Crippen LogP contribution in [0.15, 0.2) is 53.1 Å². The van der Waals surface area contributed by atoms with E-state index in [1.165, 1.54) is 32.7 Å². The lowest BCUT2D eigenvalue weighted by Gasteiger charge is -2.32. The first-order valence-corrected chi connectivity index (χ1v) is 10.4. The van der Waals surface area contributed by atoms with Gasteiger partial charge in [0.2, 0.25) is 0 Å². The third-order valence-corrected chi connectivity index (χ3v) is 6.51. The van der Waals surface area contributed by atoms with E-state index >= 15 is 0 Å². The Morgan fingerprint density at radius 3 is 2.54 bits per heavy atom. The number of furan rings is 1. The highest BCUT2D eigenvalue weighted by Crippen LogP contribution is 2.38. The van der Waals surface area contributed by atoms with Gasteiger partial charge in [-0.1, -0.05) is 30.3 Å². The number of carbonyl (C=O) groups is 1. The largest absolute Gasteiger partial charge is 0.459 e. The second-order valence-electron chi connectivity index (χ2n) is 7.07. The molecule has 1 aliphatic heterocycles. The Balaban J connectivity index is 1.76. The Kier molecular flexibility index (Phi) is 5.62. The molecular formula is C22H25N2O3S+. The maximum Gasteiger partial charge on any atom is 0.291 e. The topological polar surface area (TPSA) is 55.9 Å². The smallest absolute Gasteiger partial charge is 0.291 e. The van der Waals surface area contributed by atoms with Crippen molar-refractivity contribution in [3.63, 3.8) is 0 Å². The second-order valence-corrected chi connectivity index (χ2v) is 8.30. The van der Waals surface area contributed by atoms with E-state index in [1.807, 2.05) is 6.07 Å². The average Bonchev–Trinajstić information content (AvgIpc) is 3.35. The van der Waals surface area contributed by atoms with E-state index in [0.717, 1.165) is 31.3 Å². The fraction of sp³-hybridized carbons (Fsp3) is 0.318. The highest BCUT2D eigenvalue weighted by atomic mass is 32.1. The number of hydrogen-bond acceptors (Lipinski definition) is 4. The predicted octanol–water partition coefficient (Wildman–Crippen LogP) is 3.21. The van der Waals surface area contributed by atoms with Gasteiger partial charge in [0.15, 0.2) is 5.76 Å². The fourth-order valence-corrected chi connectivity index (χ4v) is 4.93. The zero-order valence-electron chi connectivity index (χ0n) is 16.2. The quantitative estimate of drug-likeness (QED) is 0.695. The van der Waals surface area contributed by atoms with Crippen molar-refractivity contribution in [2.24, 2.45) is 0 Å². The molecule has 5 nitrogen and oxygen atoms in total. The van der Waals surface area contributed by atoms with Gasteiger partial charge >= 0.3 is 0 Å². The summed E-state index contributed by atoms with van der Waals surface area (Å²) in [5.74, 6) is 0.112. The number of anilines is 1. The molecule has 1 saturated heterocycles. The third kappa shape index (κ3) is 3.76. The lowest BCUT2D eigenvalue weighted by molar-refractivity contribution is -0.933. The van der Waals surface area contributed by atoms with E-state index < -0.39 is 0 Å². The van der Waals surface area contributed by atoms with Gasteiger partial charge in [-0.2, -0.15) is 0 Å². The number of thiophene rings is 1. The monoisotopic (exact) mass is 397 g/mol. The van der Waals surface area contributed by atoms with Crippen LogP contribution in [0.3, 0.4) is 0 Å². The molecule has 0 saturated carbocycles. The van der Waals surface area contributed by atoms with Crippen molar-refractivity contribution in [3.8, 4) is 0 Å². The molecule has 28 heavy (non-hydrogen) atoms. The minimum atomic E-state index is -0.212. The number of carbonyl (C=O) groups excluding carboxylic acids is 1. The van der Waals surface area contributed by atoms with Crippen molar-refractivity contribution < 1.29 is 18.8 Å². The van der Waals surface area contributed by atoms with Gasteiger partial charge in [0.05, 0.1) is 25.0 Å². The van der Waals surface area contributed by atoms with Crippen LogP contribution < -0.4 is 10.2 Å². The van der Waals surface area contributed by atoms with Crippen molar-refractivity contribution in [2.75, 3.05) is 31.6 Å². The van der Waals surface area contributed by atoms with E-state index in [9.17, 15) is 4.79 Å². The van der Waals surface area contributed by atoms with Crippen LogP contribution in [-0.4, -0.2) is 32.2 Å². The third-order valence-electron chi connectivity index (χ3n) is 5.37. The summed E-state index contributed by atoms with van der Waals surface area (Å²) in [5, 5.41) is 4.01. The number of quaternary nitrogens is 1. The van der Waals surface area contributed by atoms with Gasteiger partial charge in [-0.15, -0.1) is 11.3 Å². The van der Waals surface area contributed by atoms with E-state index in [-0.39, 0.29) is 11.9 Å². The van der Waals surface area contributed by atoms with Crippen LogP contribution in [0.5, 0.6) is 0 Å². The van der Waals surface area contributed by atoms with Crippen LogP contribution in [0.1, 0.15) is 38.2 Å². The number of morpholine rings is 1. The minimum Gasteiger partial charge on any atom is -0.459 e. The van der Waals surface area contributed by atoms with E-state index in [1.54, 1.807) is 23.5 Å². The summed E-state index contributed by atoms with van der Waals surface area (Å²) in [4.78, 5) is 15.3. The van der Waals surface area contributed by atoms with Crippen molar-refractivity contribution in [1.82, 2.24) is 0 Å². The summed E-state index contributed by atoms with van der Waals surface area (Å²) in [6, 6.07) is 14.1. The number of rotatable bonds is 5. The first kappa shape index (κ1) is 18.9. The molecule has 1 aromatic carbocycles. The molecular weight excluding hydrogens is 372 g/mol. The van der Waals surface area contributed by atoms with Crippen LogP contribution in [0.2, 0.25) is 0 Å². The second kappa shape index (κ2) is 8.31. The zero-order valence-corrected chi connectivity index (χ0v) is 17.0. The van der Waals surface area contributed by atoms with Crippen LogP contribution in [0.25, 0.3) is 0 Å². The van der Waals surface area contributed by atoms with E-state index in [2.05, 4.69) is 43.4 Å². The molecule has 0 spiro atoms. The summed E-state index contributed by atoms with van der Waals surface area (Å²) < 4.78 is 10.9. The van der Waals surface area contributed by atoms with Crippen LogP contribution in [0.4, 0.5) is 5.00 Å². The zero-order chi connectivity index (χ0) is 19.5. The molecule has 0 aliphatic carbocycles. The normalized spacial score (nSPS) is 16.1. The standard InChI is InChI=1S/C22H24N2O3S/c1-15-16(2)28-22(23-21(25)18-9-6-12-27-18)19(15)20(17-7-4-3-5-8-17)24-10-13-26-14-11-24/h3-9,12,20H,10-11,13-14H2,1-2H3,(H,23,25)/p+1/t20-/m0/s1. The SMILES string of the molecule is Cc1sc(NC(=O)c2ccco2)c([C@H](c2ccccc2)[NH+]2CCOCC2)c1C. The first-order chi connectivity index (χ1) is 13.6. The summed E-state index contributed by atoms with van der Waals surface area (Å²) in [7, 11) is 0. The molecule has 0 bridgehead atoms. The first-order valence-electron chi connectivity index (χ1n) is 9.57. The molecule has 2 N–H and O–H groups in total. The molecule has 6 heteroatoms. The molecule has 0 radical (unpaired) electrons. The summed E-state index contributed by atoms with van der Waals surface area (Å²) >= 11 is 1.64. The lowest BCUT2D eigenvalue weighted by atomic mass is 9.94. The highest BCUT2D eigenvalue weighted by molar-refractivity contribution is 7.16. The van der Waals surface area contributed by atoms with Gasteiger partial charge in [0.1, 0.15) is 24.1 Å². The highest BCUT2D eigenvalue weighted by Gasteiger charge is 2.33. The molecule has 1 fully saturated rings. The summed E-state index contributed by atoms with van der Waals surface area (Å²) in [6.45, 7) is 7.67. The van der Waals surface area contributed by atoms with Crippen LogP contribution >= 0.6 is 11.3 Å². The Morgan fingerprint density at radius 2 is 1.86 bits per heavy atom. The Labute approximate surface area is 168 Å². The van der Waals surface area contributed by atoms with Crippen LogP contribution in [0, 0.1) is 13.8 Å². The Bertz CT molecular complexity index is 928. The molecule has 3 heterocycles. The fourth-order valence-electron chi connectivity index (χ4n) is 3.83. The number of amides is 1. The van der Waals surface area contributed by atoms with E-state index in [0.29, 0.717) is 5.76 Å². The van der Waals surface area contributed by atoms with Crippen molar-refractivity contribution >= 4 is 22.2 Å². The number of benzene rings is 1. The van der Waals surface area contributed by atoms with Gasteiger partial charge < -0.3 is 19.4 Å². The van der Waals surface area contributed by atoms with Gasteiger partial charge in [-0.05, 0) is 31.5 Å². The van der Waals surface area contributed by atoms with Crippen molar-refractivity contribution in [2.45, 2.75) is 19.9 Å². The molecule has 1 amide bonds. The number of hydrogen-bond donors (Lipinski definition) is 2. The molecule has 1 atom stereocenters. The lowest BCUT2D eigenvalue weighted by Crippen LogP contribution is -3.14. The number of ether oxygens (including phenoxy) is 1. The molecule has 1 aliphatic rings. The molecule has 3 aromatic rings. The summed E-state index contributed by atoms with van der Waals surface area (Å²) in [5.41, 5.74) is 3.70. The molecule has 0 unspecified atom stereocenters. The van der Waals surface area contributed by atoms with Crippen LogP contribution in [-0.2, 0) is 4.74 Å². The molecule has 4 rings (SSSR count). The maximum atomic E-state index is 12.7. The average molecular weight is 398 g/mol. The van der Waals surface area contributed by atoms with E-state index in [4.69, 9.17) is 9.15 Å². The Morgan fingerprint density at radius 1 is 1.11 bits per heavy atom. The van der Waals surface area contributed by atoms with Gasteiger partial charge in [0.25, 0.3) is 5.91 Å². The Hall–Kier alpha value is -2.41. The maximum absolute atomic E-state index is 12.7. The van der Waals surface area contributed by atoms with Gasteiger partial charge in [-0.25, -0.2) is 0 Å². The van der Waals surface area contributed by atoms with Crippen molar-refractivity contribution in [1.29, 1.82) is 0 Å². The number of aryl methyl sites for hydroxylation is 1. The predicted molar refractivity (Wildman–Crippen MR) is 110 cm³/mol. The summed E-state index contributed by atoms with van der Waals surface area (Å²) in [6.07, 6.45) is 1.52. The van der Waals surface area contributed by atoms with Gasteiger partial charge in [-0.3, -0.25) is 4.79 Å². The number of nitrogens with one attached hydrogen (secondary N) is 2.